The third-order valence-corrected chi connectivity index (χ3v) is 5.37. The molecule has 2 atom stereocenters. The summed E-state index contributed by atoms with van der Waals surface area (Å²) in [5.41, 5.74) is 0. The van der Waals surface area contributed by atoms with Gasteiger partial charge in [0.2, 0.25) is 0 Å². The molecule has 0 amide bonds. The molecule has 0 spiro atoms. The summed E-state index contributed by atoms with van der Waals surface area (Å²) < 4.78 is 1.77. The molecule has 0 aromatic rings. The van der Waals surface area contributed by atoms with Gasteiger partial charge in [0.05, 0.1) is 5.38 Å². The molecule has 23 heavy (non-hydrogen) atoms. The van der Waals surface area contributed by atoms with Gasteiger partial charge in [-0.15, -0.1) is 11.6 Å². The lowest BCUT2D eigenvalue weighted by Crippen LogP contribution is -1.88. The zero-order chi connectivity index (χ0) is 19.1. The van der Waals surface area contributed by atoms with Crippen LogP contribution in [-0.2, 0) is 0 Å². The van der Waals surface area contributed by atoms with E-state index in [2.05, 4.69) is 93.0 Å². The van der Waals surface area contributed by atoms with E-state index in [-0.39, 0.29) is 5.38 Å². The van der Waals surface area contributed by atoms with E-state index in [1.54, 1.807) is 12.2 Å². The van der Waals surface area contributed by atoms with Gasteiger partial charge in [0.1, 0.15) is 0 Å². The van der Waals surface area contributed by atoms with Gasteiger partial charge in [-0.05, 0) is 32.6 Å². The molecule has 2 unspecified atom stereocenters. The molecule has 0 N–H and O–H groups in total. The van der Waals surface area contributed by atoms with Crippen LogP contribution in [0.5, 0.6) is 0 Å². The van der Waals surface area contributed by atoms with Crippen LogP contribution >= 0.6 is 56.8 Å². The lowest BCUT2D eigenvalue weighted by Gasteiger charge is -1.96. The first-order valence-electron chi connectivity index (χ1n) is 8.59. The van der Waals surface area contributed by atoms with Crippen molar-refractivity contribution in [3.8, 4) is 0 Å². The number of rotatable bonds is 7. The van der Waals surface area contributed by atoms with Crippen molar-refractivity contribution in [2.24, 2.45) is 0 Å². The van der Waals surface area contributed by atoms with Crippen LogP contribution < -0.4 is 0 Å². The van der Waals surface area contributed by atoms with Gasteiger partial charge in [-0.2, -0.15) is 0 Å². The smallest absolute Gasteiger partial charge is 0.0513 e. The second-order valence-electron chi connectivity index (χ2n) is 4.90. The molecular formula is C20H39ClI2. The molecule has 0 saturated carbocycles. The first-order chi connectivity index (χ1) is 10.8. The number of allylic oxidation sites excluding steroid dienone is 4. The molecule has 0 radical (unpaired) electrons. The number of alkyl halides is 3. The lowest BCUT2D eigenvalue weighted by molar-refractivity contribution is 0.807. The van der Waals surface area contributed by atoms with Gasteiger partial charge < -0.3 is 0 Å². The third kappa shape index (κ3) is 51.8. The molecule has 0 nitrogen and oxygen atoms in total. The van der Waals surface area contributed by atoms with Crippen molar-refractivity contribution in [1.82, 2.24) is 0 Å². The standard InChI is InChI=1S/C6H11Cl.2C5H11I.C4H6/c1-3-5-6(7)4-2;1-3-4-5(2)6;1-3-5(6)4-2;1-3-4-2/h3,5-6H,4H2,1-2H3;2*5H,3-4H2,1-2H3;3-4H,1-2H2. The SMILES string of the molecule is C=CC=C.CC=CC(Cl)CC.CCC(I)CC.CCCC(C)I. The maximum atomic E-state index is 5.68. The van der Waals surface area contributed by atoms with Crippen LogP contribution in [0.25, 0.3) is 0 Å². The first kappa shape index (κ1) is 31.7. The highest BCUT2D eigenvalue weighted by molar-refractivity contribution is 14.1. The number of hydrogen-bond donors (Lipinski definition) is 0. The van der Waals surface area contributed by atoms with Crippen molar-refractivity contribution in [3.63, 3.8) is 0 Å². The Morgan fingerprint density at radius 1 is 0.957 bits per heavy atom. The Bertz CT molecular complexity index is 228. The molecule has 0 rings (SSSR count). The van der Waals surface area contributed by atoms with Crippen molar-refractivity contribution in [2.45, 2.75) is 86.9 Å². The molecular weight excluding hydrogens is 529 g/mol. The molecule has 0 aliphatic heterocycles. The van der Waals surface area contributed by atoms with Crippen molar-refractivity contribution in [3.05, 3.63) is 37.5 Å². The first-order valence-corrected chi connectivity index (χ1v) is 11.5. The van der Waals surface area contributed by atoms with E-state index in [4.69, 9.17) is 11.6 Å². The van der Waals surface area contributed by atoms with E-state index in [0.29, 0.717) is 0 Å². The third-order valence-electron chi connectivity index (χ3n) is 2.53. The normalized spacial score (nSPS) is 11.9. The van der Waals surface area contributed by atoms with Gasteiger partial charge in [0, 0.05) is 7.85 Å². The van der Waals surface area contributed by atoms with Crippen molar-refractivity contribution >= 4 is 56.8 Å². The lowest BCUT2D eigenvalue weighted by atomic mass is 10.3. The topological polar surface area (TPSA) is 0 Å². The number of halogens is 3. The van der Waals surface area contributed by atoms with Crippen LogP contribution in [0.15, 0.2) is 37.5 Å². The molecule has 0 aromatic heterocycles. The Balaban J connectivity index is -0.000000107. The summed E-state index contributed by atoms with van der Waals surface area (Å²) in [4.78, 5) is 0. The van der Waals surface area contributed by atoms with Crippen LogP contribution in [-0.4, -0.2) is 13.2 Å². The Labute approximate surface area is 179 Å². The summed E-state index contributed by atoms with van der Waals surface area (Å²) in [6, 6.07) is 0. The Morgan fingerprint density at radius 3 is 1.43 bits per heavy atom. The summed E-state index contributed by atoms with van der Waals surface area (Å²) in [7, 11) is 0. The van der Waals surface area contributed by atoms with Gasteiger partial charge in [-0.3, -0.25) is 0 Å². The van der Waals surface area contributed by atoms with Crippen LogP contribution in [0, 0.1) is 0 Å². The van der Waals surface area contributed by atoms with E-state index in [1.807, 2.05) is 19.1 Å². The molecule has 0 fully saturated rings. The number of hydrogen-bond acceptors (Lipinski definition) is 0. The fourth-order valence-electron chi connectivity index (χ4n) is 1.03. The molecule has 0 saturated heterocycles. The van der Waals surface area contributed by atoms with Gasteiger partial charge in [0.15, 0.2) is 0 Å². The van der Waals surface area contributed by atoms with Crippen molar-refractivity contribution in [1.29, 1.82) is 0 Å². The predicted molar refractivity (Wildman–Crippen MR) is 132 cm³/mol. The second-order valence-corrected chi connectivity index (χ2v) is 9.35. The van der Waals surface area contributed by atoms with Crippen LogP contribution in [0.3, 0.4) is 0 Å². The zero-order valence-corrected chi connectivity index (χ0v) is 21.2. The Kier molecular flexibility index (Phi) is 42.5. The van der Waals surface area contributed by atoms with Crippen LogP contribution in [0.2, 0.25) is 0 Å². The summed E-state index contributed by atoms with van der Waals surface area (Å²) in [5, 5.41) is 0.241. The fourth-order valence-corrected chi connectivity index (χ4v) is 1.80. The van der Waals surface area contributed by atoms with Gasteiger partial charge in [-0.1, -0.05) is 124 Å². The highest BCUT2D eigenvalue weighted by Crippen LogP contribution is 2.07. The summed E-state index contributed by atoms with van der Waals surface area (Å²) in [5.74, 6) is 0. The average molecular weight is 569 g/mol. The fraction of sp³-hybridized carbons (Fsp3) is 0.700. The second kappa shape index (κ2) is 30.8. The minimum Gasteiger partial charge on any atom is -0.118 e. The van der Waals surface area contributed by atoms with Crippen molar-refractivity contribution < 1.29 is 0 Å². The highest BCUT2D eigenvalue weighted by Gasteiger charge is 1.91. The summed E-state index contributed by atoms with van der Waals surface area (Å²) in [6.07, 6.45) is 13.6. The van der Waals surface area contributed by atoms with Gasteiger partial charge in [-0.25, -0.2) is 0 Å². The van der Waals surface area contributed by atoms with Crippen molar-refractivity contribution in [2.75, 3.05) is 0 Å². The van der Waals surface area contributed by atoms with E-state index in [1.165, 1.54) is 25.7 Å². The highest BCUT2D eigenvalue weighted by atomic mass is 127. The summed E-state index contributed by atoms with van der Waals surface area (Å²) >= 11 is 10.6. The largest absolute Gasteiger partial charge is 0.118 e. The quantitative estimate of drug-likeness (QED) is 0.124. The molecule has 3 heteroatoms. The van der Waals surface area contributed by atoms with E-state index in [0.717, 1.165) is 14.3 Å². The predicted octanol–water partition coefficient (Wildman–Crippen LogP) is 9.16. The molecule has 0 bridgehead atoms. The molecule has 0 aliphatic rings. The molecule has 0 aromatic carbocycles. The minimum absolute atomic E-state index is 0.241. The maximum Gasteiger partial charge on any atom is 0.0513 e. The van der Waals surface area contributed by atoms with E-state index in [9.17, 15) is 0 Å². The maximum absolute atomic E-state index is 5.68. The monoisotopic (exact) mass is 568 g/mol. The minimum atomic E-state index is 0.241. The molecule has 140 valence electrons. The average Bonchev–Trinajstić information content (AvgIpc) is 2.55. The van der Waals surface area contributed by atoms with E-state index < -0.39 is 0 Å². The van der Waals surface area contributed by atoms with Crippen LogP contribution in [0.1, 0.15) is 73.6 Å². The molecule has 0 heterocycles. The summed E-state index contributed by atoms with van der Waals surface area (Å²) in [6.45, 7) is 19.7. The zero-order valence-electron chi connectivity index (χ0n) is 16.1. The Morgan fingerprint density at radius 2 is 1.39 bits per heavy atom. The van der Waals surface area contributed by atoms with Crippen LogP contribution in [0.4, 0.5) is 0 Å². The van der Waals surface area contributed by atoms with Gasteiger partial charge in [0.25, 0.3) is 0 Å². The Hall–Kier alpha value is 0.970. The van der Waals surface area contributed by atoms with Gasteiger partial charge >= 0.3 is 0 Å². The molecule has 0 aliphatic carbocycles. The van der Waals surface area contributed by atoms with E-state index >= 15 is 0 Å².